The Bertz CT molecular complexity index is 462. The summed E-state index contributed by atoms with van der Waals surface area (Å²) in [5, 5.41) is 0.424. The van der Waals surface area contributed by atoms with Crippen LogP contribution in [0.2, 0.25) is 5.02 Å². The minimum absolute atomic E-state index is 0.00986. The Balaban J connectivity index is 2.13. The van der Waals surface area contributed by atoms with Gasteiger partial charge < -0.3 is 15.5 Å². The summed E-state index contributed by atoms with van der Waals surface area (Å²) in [6.45, 7) is 1.54. The lowest BCUT2D eigenvalue weighted by Gasteiger charge is -2.20. The van der Waals surface area contributed by atoms with Crippen LogP contribution in [0.25, 0.3) is 0 Å². The molecule has 1 aliphatic rings. The lowest BCUT2D eigenvalue weighted by molar-refractivity contribution is 0.0783. The topological polar surface area (TPSA) is 49.6 Å². The van der Waals surface area contributed by atoms with Crippen molar-refractivity contribution in [2.75, 3.05) is 32.9 Å². The molecule has 1 fully saturated rings. The highest BCUT2D eigenvalue weighted by Gasteiger charge is 2.28. The minimum atomic E-state index is -0.00986. The molecule has 1 unspecified atom stereocenters. The predicted octanol–water partition coefficient (Wildman–Crippen LogP) is 1.70. The molecule has 1 atom stereocenters. The van der Waals surface area contributed by atoms with Crippen molar-refractivity contribution in [2.45, 2.75) is 12.5 Å². The summed E-state index contributed by atoms with van der Waals surface area (Å²) >= 11 is 6.06. The zero-order valence-electron chi connectivity index (χ0n) is 10.7. The normalized spacial score (nSPS) is 19.6. The fourth-order valence-electron chi connectivity index (χ4n) is 2.22. The van der Waals surface area contributed by atoms with Crippen LogP contribution in [0.15, 0.2) is 18.2 Å². The number of nitrogens with two attached hydrogens (primary N) is 1. The van der Waals surface area contributed by atoms with Crippen molar-refractivity contribution in [3.8, 4) is 0 Å². The molecule has 18 heavy (non-hydrogen) atoms. The number of amides is 1. The van der Waals surface area contributed by atoms with E-state index in [1.165, 1.54) is 0 Å². The number of nitrogens with zero attached hydrogens (tertiary/aromatic N) is 2. The number of halogens is 1. The van der Waals surface area contributed by atoms with Crippen molar-refractivity contribution in [1.29, 1.82) is 0 Å². The molecule has 2 rings (SSSR count). The molecular formula is C13H18ClN3O. The number of hydrogen-bond acceptors (Lipinski definition) is 3. The number of anilines is 1. The molecule has 0 aromatic heterocycles. The van der Waals surface area contributed by atoms with Gasteiger partial charge in [0.25, 0.3) is 5.91 Å². The Kier molecular flexibility index (Phi) is 3.78. The molecule has 1 amide bonds. The Labute approximate surface area is 112 Å². The van der Waals surface area contributed by atoms with Gasteiger partial charge in [0, 0.05) is 24.8 Å². The molecule has 0 spiro atoms. The van der Waals surface area contributed by atoms with Crippen molar-refractivity contribution in [1.82, 2.24) is 9.80 Å². The molecule has 0 aliphatic carbocycles. The Morgan fingerprint density at radius 2 is 2.22 bits per heavy atom. The maximum absolute atomic E-state index is 12.3. The number of rotatable bonds is 2. The SMILES string of the molecule is CN(C)C1CCN(C(=O)c2ccc(N)cc2Cl)C1. The van der Waals surface area contributed by atoms with Gasteiger partial charge in [-0.2, -0.15) is 0 Å². The van der Waals surface area contributed by atoms with Crippen LogP contribution in [0, 0.1) is 0 Å². The first kappa shape index (κ1) is 13.2. The third kappa shape index (κ3) is 2.60. The summed E-state index contributed by atoms with van der Waals surface area (Å²) in [5.41, 5.74) is 6.73. The van der Waals surface area contributed by atoms with Crippen LogP contribution >= 0.6 is 11.6 Å². The predicted molar refractivity (Wildman–Crippen MR) is 73.9 cm³/mol. The van der Waals surface area contributed by atoms with Crippen molar-refractivity contribution < 1.29 is 4.79 Å². The highest BCUT2D eigenvalue weighted by Crippen LogP contribution is 2.23. The maximum atomic E-state index is 12.3. The molecule has 4 nitrogen and oxygen atoms in total. The largest absolute Gasteiger partial charge is 0.399 e. The summed E-state index contributed by atoms with van der Waals surface area (Å²) in [6, 6.07) is 5.46. The van der Waals surface area contributed by atoms with E-state index >= 15 is 0 Å². The third-order valence-electron chi connectivity index (χ3n) is 3.40. The fraction of sp³-hybridized carbons (Fsp3) is 0.462. The molecule has 0 radical (unpaired) electrons. The fourth-order valence-corrected chi connectivity index (χ4v) is 2.49. The van der Waals surface area contributed by atoms with Gasteiger partial charge in [0.05, 0.1) is 10.6 Å². The van der Waals surface area contributed by atoms with Crippen molar-refractivity contribution >= 4 is 23.2 Å². The second kappa shape index (κ2) is 5.16. The first-order valence-corrected chi connectivity index (χ1v) is 6.37. The van der Waals surface area contributed by atoms with E-state index in [0.29, 0.717) is 22.3 Å². The molecule has 0 saturated carbocycles. The average Bonchev–Trinajstić information content (AvgIpc) is 2.77. The summed E-state index contributed by atoms with van der Waals surface area (Å²) in [4.78, 5) is 16.3. The van der Waals surface area contributed by atoms with Crippen LogP contribution in [-0.2, 0) is 0 Å². The van der Waals surface area contributed by atoms with Crippen molar-refractivity contribution in [2.24, 2.45) is 0 Å². The van der Waals surface area contributed by atoms with E-state index < -0.39 is 0 Å². The highest BCUT2D eigenvalue weighted by molar-refractivity contribution is 6.34. The second-order valence-electron chi connectivity index (χ2n) is 4.90. The van der Waals surface area contributed by atoms with E-state index in [-0.39, 0.29) is 5.91 Å². The molecule has 2 N–H and O–H groups in total. The Morgan fingerprint density at radius 3 is 2.78 bits per heavy atom. The molecule has 98 valence electrons. The van der Waals surface area contributed by atoms with Crippen LogP contribution in [0.1, 0.15) is 16.8 Å². The van der Waals surface area contributed by atoms with Gasteiger partial charge in [-0.3, -0.25) is 4.79 Å². The number of hydrogen-bond donors (Lipinski definition) is 1. The zero-order valence-corrected chi connectivity index (χ0v) is 11.4. The van der Waals surface area contributed by atoms with Gasteiger partial charge >= 0.3 is 0 Å². The number of likely N-dealkylation sites (N-methyl/N-ethyl adjacent to an activating group) is 1. The molecule has 1 heterocycles. The second-order valence-corrected chi connectivity index (χ2v) is 5.30. The van der Waals surface area contributed by atoms with Gasteiger partial charge in [-0.05, 0) is 38.7 Å². The van der Waals surface area contributed by atoms with Crippen molar-refractivity contribution in [3.05, 3.63) is 28.8 Å². The van der Waals surface area contributed by atoms with E-state index in [1.807, 2.05) is 19.0 Å². The quantitative estimate of drug-likeness (QED) is 0.830. The monoisotopic (exact) mass is 267 g/mol. The van der Waals surface area contributed by atoms with Gasteiger partial charge in [-0.1, -0.05) is 11.6 Å². The first-order chi connectivity index (χ1) is 8.49. The van der Waals surface area contributed by atoms with Gasteiger partial charge in [-0.25, -0.2) is 0 Å². The van der Waals surface area contributed by atoms with Crippen LogP contribution in [0.3, 0.4) is 0 Å². The first-order valence-electron chi connectivity index (χ1n) is 6.00. The average molecular weight is 268 g/mol. The standard InChI is InChI=1S/C13H18ClN3O/c1-16(2)10-5-6-17(8-10)13(18)11-4-3-9(15)7-12(11)14/h3-4,7,10H,5-6,8,15H2,1-2H3. The van der Waals surface area contributed by atoms with Crippen LogP contribution in [-0.4, -0.2) is 48.9 Å². The van der Waals surface area contributed by atoms with Crippen LogP contribution in [0.4, 0.5) is 5.69 Å². The van der Waals surface area contributed by atoms with Crippen LogP contribution < -0.4 is 5.73 Å². The molecule has 1 aromatic carbocycles. The van der Waals surface area contributed by atoms with E-state index in [2.05, 4.69) is 4.90 Å². The van der Waals surface area contributed by atoms with Gasteiger partial charge in [0.15, 0.2) is 0 Å². The van der Waals surface area contributed by atoms with E-state index in [9.17, 15) is 4.79 Å². The highest BCUT2D eigenvalue weighted by atomic mass is 35.5. The number of benzene rings is 1. The summed E-state index contributed by atoms with van der Waals surface area (Å²) in [7, 11) is 4.07. The van der Waals surface area contributed by atoms with Gasteiger partial charge in [0.2, 0.25) is 0 Å². The summed E-state index contributed by atoms with van der Waals surface area (Å²) in [6.07, 6.45) is 1.01. The van der Waals surface area contributed by atoms with Crippen molar-refractivity contribution in [3.63, 3.8) is 0 Å². The number of carbonyl (C=O) groups is 1. The molecule has 5 heteroatoms. The molecule has 1 saturated heterocycles. The zero-order chi connectivity index (χ0) is 13.3. The van der Waals surface area contributed by atoms with Gasteiger partial charge in [-0.15, -0.1) is 0 Å². The third-order valence-corrected chi connectivity index (χ3v) is 3.72. The van der Waals surface area contributed by atoms with Crippen LogP contribution in [0.5, 0.6) is 0 Å². The smallest absolute Gasteiger partial charge is 0.255 e. The lowest BCUT2D eigenvalue weighted by Crippen LogP contribution is -2.34. The molecular weight excluding hydrogens is 250 g/mol. The number of nitrogen functional groups attached to an aromatic ring is 1. The van der Waals surface area contributed by atoms with E-state index in [0.717, 1.165) is 19.5 Å². The minimum Gasteiger partial charge on any atom is -0.399 e. The Hall–Kier alpha value is -1.26. The number of likely N-dealkylation sites (tertiary alicyclic amines) is 1. The molecule has 1 aliphatic heterocycles. The molecule has 1 aromatic rings. The summed E-state index contributed by atoms with van der Waals surface area (Å²) in [5.74, 6) is -0.00986. The van der Waals surface area contributed by atoms with E-state index in [4.69, 9.17) is 17.3 Å². The molecule has 0 bridgehead atoms. The summed E-state index contributed by atoms with van der Waals surface area (Å²) < 4.78 is 0. The number of carbonyl (C=O) groups excluding carboxylic acids is 1. The maximum Gasteiger partial charge on any atom is 0.255 e. The van der Waals surface area contributed by atoms with Gasteiger partial charge in [0.1, 0.15) is 0 Å². The Morgan fingerprint density at radius 1 is 1.50 bits per heavy atom. The lowest BCUT2D eigenvalue weighted by atomic mass is 10.2. The van der Waals surface area contributed by atoms with E-state index in [1.54, 1.807) is 18.2 Å².